The highest BCUT2D eigenvalue weighted by Gasteiger charge is 2.23. The van der Waals surface area contributed by atoms with Crippen LogP contribution in [-0.2, 0) is 9.53 Å². The van der Waals surface area contributed by atoms with Gasteiger partial charge in [-0.1, -0.05) is 13.0 Å². The van der Waals surface area contributed by atoms with Gasteiger partial charge in [-0.25, -0.2) is 19.7 Å². The van der Waals surface area contributed by atoms with Crippen molar-refractivity contribution in [1.29, 1.82) is 0 Å². The number of anilines is 1. The molecule has 180 valence electrons. The molecule has 0 spiro atoms. The highest BCUT2D eigenvalue weighted by atomic mass is 16.5. The Hall–Kier alpha value is -4.79. The van der Waals surface area contributed by atoms with E-state index in [-0.39, 0.29) is 5.56 Å². The van der Waals surface area contributed by atoms with Crippen molar-refractivity contribution in [2.24, 2.45) is 0 Å². The van der Waals surface area contributed by atoms with Crippen LogP contribution in [0.15, 0.2) is 82.2 Å². The number of rotatable bonds is 7. The summed E-state index contributed by atoms with van der Waals surface area (Å²) in [6.45, 7) is 3.66. The van der Waals surface area contributed by atoms with Gasteiger partial charge in [0.1, 0.15) is 17.2 Å². The smallest absolute Gasteiger partial charge is 0.338 e. The van der Waals surface area contributed by atoms with Gasteiger partial charge in [-0.05, 0) is 67.4 Å². The van der Waals surface area contributed by atoms with E-state index in [2.05, 4.69) is 10.3 Å². The lowest BCUT2D eigenvalue weighted by Crippen LogP contribution is -2.32. The first-order valence-electron chi connectivity index (χ1n) is 11.4. The highest BCUT2D eigenvalue weighted by Crippen LogP contribution is 2.31. The second kappa shape index (κ2) is 9.83. The van der Waals surface area contributed by atoms with E-state index in [1.165, 1.54) is 0 Å². The van der Waals surface area contributed by atoms with Gasteiger partial charge in [0.05, 0.1) is 29.1 Å². The van der Waals surface area contributed by atoms with Crippen LogP contribution >= 0.6 is 0 Å². The predicted molar refractivity (Wildman–Crippen MR) is 132 cm³/mol. The molecule has 1 N–H and O–H groups in total. The van der Waals surface area contributed by atoms with Crippen LogP contribution in [0, 0.1) is 6.92 Å². The number of nitrogens with one attached hydrogen (secondary N) is 1. The minimum atomic E-state index is -0.984. The van der Waals surface area contributed by atoms with Gasteiger partial charge < -0.3 is 18.9 Å². The lowest BCUT2D eigenvalue weighted by atomic mass is 10.1. The molecule has 0 saturated carbocycles. The molecule has 5 rings (SSSR count). The molecule has 4 aromatic heterocycles. The zero-order chi connectivity index (χ0) is 25.1. The molecule has 5 aromatic rings. The number of amides is 1. The van der Waals surface area contributed by atoms with Crippen LogP contribution in [0.25, 0.3) is 33.9 Å². The van der Waals surface area contributed by atoms with E-state index in [4.69, 9.17) is 23.5 Å². The largest absolute Gasteiger partial charge is 0.463 e. The number of ether oxygens (including phenoxy) is 1. The van der Waals surface area contributed by atoms with E-state index >= 15 is 0 Å². The highest BCUT2D eigenvalue weighted by molar-refractivity contribution is 5.98. The van der Waals surface area contributed by atoms with E-state index < -0.39 is 18.0 Å². The predicted octanol–water partition coefficient (Wildman–Crippen LogP) is 5.43. The lowest BCUT2D eigenvalue weighted by molar-refractivity contribution is -0.124. The van der Waals surface area contributed by atoms with Crippen LogP contribution in [0.1, 0.15) is 29.3 Å². The maximum atomic E-state index is 12.9. The number of hydrogen-bond donors (Lipinski definition) is 1. The second-order valence-electron chi connectivity index (χ2n) is 8.09. The molecule has 1 amide bonds. The SMILES string of the molecule is CCC(OC(=O)c1ccc2nc(-c3ccco3)c(-c3ccco3)nc2c1)C(=O)Nc1ccc(C)cn1. The summed E-state index contributed by atoms with van der Waals surface area (Å²) >= 11 is 0. The van der Waals surface area contributed by atoms with Crippen molar-refractivity contribution < 1.29 is 23.2 Å². The zero-order valence-electron chi connectivity index (χ0n) is 19.6. The summed E-state index contributed by atoms with van der Waals surface area (Å²) in [5.74, 6) is 0.340. The lowest BCUT2D eigenvalue weighted by Gasteiger charge is -2.16. The van der Waals surface area contributed by atoms with Crippen LogP contribution in [0.2, 0.25) is 0 Å². The average molecular weight is 482 g/mol. The van der Waals surface area contributed by atoms with E-state index in [9.17, 15) is 9.59 Å². The van der Waals surface area contributed by atoms with E-state index in [0.717, 1.165) is 5.56 Å². The second-order valence-corrected chi connectivity index (χ2v) is 8.09. The Morgan fingerprint density at radius 3 is 2.22 bits per heavy atom. The number of fused-ring (bicyclic) bond motifs is 1. The number of aromatic nitrogens is 3. The first-order chi connectivity index (χ1) is 17.5. The Balaban J connectivity index is 1.41. The Bertz CT molecular complexity index is 1510. The number of pyridine rings is 1. The molecule has 1 aromatic carbocycles. The Morgan fingerprint density at radius 1 is 0.944 bits per heavy atom. The van der Waals surface area contributed by atoms with E-state index in [1.807, 2.05) is 13.0 Å². The van der Waals surface area contributed by atoms with Crippen molar-refractivity contribution in [2.75, 3.05) is 5.32 Å². The molecule has 4 heterocycles. The third-order valence-corrected chi connectivity index (χ3v) is 5.48. The monoisotopic (exact) mass is 482 g/mol. The van der Waals surface area contributed by atoms with Crippen molar-refractivity contribution in [2.45, 2.75) is 26.4 Å². The standard InChI is InChI=1S/C27H22N4O5/c1-3-20(26(32)31-23-11-8-16(2)15-28-23)36-27(33)17-9-10-18-19(14-17)30-25(22-7-5-13-35-22)24(29-18)21-6-4-12-34-21/h4-15,20H,3H2,1-2H3,(H,28,31,32). The average Bonchev–Trinajstić information content (AvgIpc) is 3.62. The maximum absolute atomic E-state index is 12.9. The van der Waals surface area contributed by atoms with Gasteiger partial charge in [0.2, 0.25) is 0 Å². The fraction of sp³-hybridized carbons (Fsp3) is 0.148. The molecule has 9 heteroatoms. The molecule has 1 unspecified atom stereocenters. The Labute approximate surface area is 206 Å². The number of benzene rings is 1. The van der Waals surface area contributed by atoms with Crippen LogP contribution in [-0.4, -0.2) is 32.9 Å². The number of furan rings is 2. The van der Waals surface area contributed by atoms with Crippen LogP contribution in [0.4, 0.5) is 5.82 Å². The van der Waals surface area contributed by atoms with Gasteiger partial charge in [-0.3, -0.25) is 4.79 Å². The summed E-state index contributed by atoms with van der Waals surface area (Å²) in [4.78, 5) is 39.1. The minimum Gasteiger partial charge on any atom is -0.463 e. The molecule has 0 radical (unpaired) electrons. The first kappa shape index (κ1) is 23.0. The Morgan fingerprint density at radius 2 is 1.64 bits per heavy atom. The maximum Gasteiger partial charge on any atom is 0.338 e. The molecule has 36 heavy (non-hydrogen) atoms. The van der Waals surface area contributed by atoms with Crippen molar-refractivity contribution in [3.05, 3.63) is 84.4 Å². The molecule has 9 nitrogen and oxygen atoms in total. The van der Waals surface area contributed by atoms with E-state index in [0.29, 0.717) is 46.2 Å². The van der Waals surface area contributed by atoms with Gasteiger partial charge in [0.25, 0.3) is 5.91 Å². The third kappa shape index (κ3) is 4.72. The summed E-state index contributed by atoms with van der Waals surface area (Å²) in [7, 11) is 0. The van der Waals surface area contributed by atoms with Crippen LogP contribution < -0.4 is 5.32 Å². The number of hydrogen-bond acceptors (Lipinski definition) is 8. The fourth-order valence-corrected chi connectivity index (χ4v) is 3.62. The molecular formula is C27H22N4O5. The van der Waals surface area contributed by atoms with Gasteiger partial charge in [0.15, 0.2) is 17.6 Å². The number of nitrogens with zero attached hydrogens (tertiary/aromatic N) is 3. The van der Waals surface area contributed by atoms with Crippen molar-refractivity contribution >= 4 is 28.7 Å². The van der Waals surface area contributed by atoms with Gasteiger partial charge in [-0.2, -0.15) is 0 Å². The third-order valence-electron chi connectivity index (χ3n) is 5.48. The summed E-state index contributed by atoms with van der Waals surface area (Å²) in [5, 5.41) is 2.68. The van der Waals surface area contributed by atoms with Crippen LogP contribution in [0.3, 0.4) is 0 Å². The molecule has 0 aliphatic rings. The summed E-state index contributed by atoms with van der Waals surface area (Å²) in [6.07, 6.45) is 4.06. The number of carbonyl (C=O) groups is 2. The molecule has 0 fully saturated rings. The topological polar surface area (TPSA) is 120 Å². The van der Waals surface area contributed by atoms with Crippen molar-refractivity contribution in [3.8, 4) is 22.9 Å². The summed E-state index contributed by atoms with van der Waals surface area (Å²) in [5.41, 5.74) is 3.23. The van der Waals surface area contributed by atoms with Crippen molar-refractivity contribution in [3.63, 3.8) is 0 Å². The van der Waals surface area contributed by atoms with Gasteiger partial charge >= 0.3 is 5.97 Å². The zero-order valence-corrected chi connectivity index (χ0v) is 19.6. The molecule has 0 saturated heterocycles. The number of esters is 1. The normalized spacial score (nSPS) is 11.8. The Kier molecular flexibility index (Phi) is 6.27. The molecule has 0 aliphatic heterocycles. The number of aryl methyl sites for hydroxylation is 1. The van der Waals surface area contributed by atoms with Gasteiger partial charge in [-0.15, -0.1) is 0 Å². The van der Waals surface area contributed by atoms with Crippen LogP contribution in [0.5, 0.6) is 0 Å². The minimum absolute atomic E-state index is 0.243. The first-order valence-corrected chi connectivity index (χ1v) is 11.4. The molecule has 0 aliphatic carbocycles. The summed E-state index contributed by atoms with van der Waals surface area (Å²) < 4.78 is 16.6. The molecule has 0 bridgehead atoms. The van der Waals surface area contributed by atoms with Crippen molar-refractivity contribution in [1.82, 2.24) is 15.0 Å². The fourth-order valence-electron chi connectivity index (χ4n) is 3.62. The summed E-state index contributed by atoms with van der Waals surface area (Å²) in [6, 6.07) is 15.4. The quantitative estimate of drug-likeness (QED) is 0.305. The molecule has 1 atom stereocenters. The van der Waals surface area contributed by atoms with E-state index in [1.54, 1.807) is 74.2 Å². The molecular weight excluding hydrogens is 460 g/mol. The van der Waals surface area contributed by atoms with Gasteiger partial charge in [0, 0.05) is 6.20 Å². The number of carbonyl (C=O) groups excluding carboxylic acids is 2.